The monoisotopic (exact) mass is 201 g/mol. The van der Waals surface area contributed by atoms with Crippen molar-refractivity contribution in [2.24, 2.45) is 5.73 Å². The highest BCUT2D eigenvalue weighted by molar-refractivity contribution is 6.32. The standard InChI is InChI=1S/C8H8ClNO3/c9-5-3-4(1-2-6(5)11)7(10)8(12)13/h1-3,7,11H,10H2,(H,12,13)/t7-/m0/s1. The third-order valence-electron chi connectivity index (χ3n) is 1.60. The highest BCUT2D eigenvalue weighted by atomic mass is 35.5. The van der Waals surface area contributed by atoms with E-state index in [4.69, 9.17) is 27.5 Å². The van der Waals surface area contributed by atoms with Crippen LogP contribution in [0, 0.1) is 0 Å². The molecule has 0 aliphatic heterocycles. The summed E-state index contributed by atoms with van der Waals surface area (Å²) in [6.07, 6.45) is 0. The minimum absolute atomic E-state index is 0.0919. The van der Waals surface area contributed by atoms with Crippen molar-refractivity contribution in [3.8, 4) is 5.75 Å². The Bertz CT molecular complexity index is 340. The first-order chi connectivity index (χ1) is 6.02. The summed E-state index contributed by atoms with van der Waals surface area (Å²) >= 11 is 5.56. The Labute approximate surface area is 79.6 Å². The predicted molar refractivity (Wildman–Crippen MR) is 47.7 cm³/mol. The number of carboxylic acids is 1. The summed E-state index contributed by atoms with van der Waals surface area (Å²) in [5, 5.41) is 17.7. The Kier molecular flexibility index (Phi) is 2.75. The molecule has 1 rings (SSSR count). The second kappa shape index (κ2) is 3.64. The van der Waals surface area contributed by atoms with Crippen molar-refractivity contribution < 1.29 is 15.0 Å². The van der Waals surface area contributed by atoms with Gasteiger partial charge in [0, 0.05) is 0 Å². The number of halogens is 1. The van der Waals surface area contributed by atoms with Crippen molar-refractivity contribution in [3.63, 3.8) is 0 Å². The molecule has 0 aliphatic rings. The number of hydrogen-bond donors (Lipinski definition) is 3. The number of benzene rings is 1. The van der Waals surface area contributed by atoms with Gasteiger partial charge in [-0.2, -0.15) is 0 Å². The van der Waals surface area contributed by atoms with Crippen LogP contribution in [0.25, 0.3) is 0 Å². The highest BCUT2D eigenvalue weighted by Crippen LogP contribution is 2.25. The Hall–Kier alpha value is -1.26. The second-order valence-electron chi connectivity index (χ2n) is 2.53. The van der Waals surface area contributed by atoms with Crippen LogP contribution < -0.4 is 5.73 Å². The average molecular weight is 202 g/mol. The van der Waals surface area contributed by atoms with Gasteiger partial charge in [0.05, 0.1) is 5.02 Å². The molecule has 0 saturated heterocycles. The first-order valence-corrected chi connectivity index (χ1v) is 3.87. The number of phenolic OH excluding ortho intramolecular Hbond substituents is 1. The maximum Gasteiger partial charge on any atom is 0.325 e. The van der Waals surface area contributed by atoms with Crippen LogP contribution >= 0.6 is 11.6 Å². The topological polar surface area (TPSA) is 83.6 Å². The van der Waals surface area contributed by atoms with E-state index in [-0.39, 0.29) is 10.8 Å². The van der Waals surface area contributed by atoms with Gasteiger partial charge in [0.15, 0.2) is 0 Å². The molecular formula is C8H8ClNO3. The lowest BCUT2D eigenvalue weighted by molar-refractivity contribution is -0.138. The minimum Gasteiger partial charge on any atom is -0.506 e. The van der Waals surface area contributed by atoms with Crippen LogP contribution in [0.2, 0.25) is 5.02 Å². The van der Waals surface area contributed by atoms with Gasteiger partial charge in [-0.15, -0.1) is 0 Å². The zero-order chi connectivity index (χ0) is 10.0. The van der Waals surface area contributed by atoms with E-state index in [1.165, 1.54) is 18.2 Å². The minimum atomic E-state index is -1.14. The lowest BCUT2D eigenvalue weighted by atomic mass is 10.1. The number of phenols is 1. The molecule has 0 amide bonds. The maximum absolute atomic E-state index is 10.5. The Morgan fingerprint density at radius 3 is 2.62 bits per heavy atom. The van der Waals surface area contributed by atoms with Crippen LogP contribution in [-0.2, 0) is 4.79 Å². The molecular weight excluding hydrogens is 194 g/mol. The third kappa shape index (κ3) is 2.11. The van der Waals surface area contributed by atoms with Gasteiger partial charge in [0.2, 0.25) is 0 Å². The molecule has 0 bridgehead atoms. The molecule has 70 valence electrons. The van der Waals surface area contributed by atoms with Gasteiger partial charge >= 0.3 is 5.97 Å². The maximum atomic E-state index is 10.5. The third-order valence-corrected chi connectivity index (χ3v) is 1.90. The summed E-state index contributed by atoms with van der Waals surface area (Å²) < 4.78 is 0. The quantitative estimate of drug-likeness (QED) is 0.670. The first-order valence-electron chi connectivity index (χ1n) is 3.49. The predicted octanol–water partition coefficient (Wildman–Crippen LogP) is 1.13. The summed E-state index contributed by atoms with van der Waals surface area (Å²) in [6.45, 7) is 0. The number of rotatable bonds is 2. The summed E-state index contributed by atoms with van der Waals surface area (Å²) in [6, 6.07) is 2.94. The largest absolute Gasteiger partial charge is 0.506 e. The summed E-state index contributed by atoms with van der Waals surface area (Å²) in [5.74, 6) is -1.23. The van der Waals surface area contributed by atoms with Crippen LogP contribution in [0.1, 0.15) is 11.6 Å². The van der Waals surface area contributed by atoms with Crippen molar-refractivity contribution in [1.82, 2.24) is 0 Å². The van der Waals surface area contributed by atoms with Crippen LogP contribution in [0.4, 0.5) is 0 Å². The number of nitrogens with two attached hydrogens (primary N) is 1. The van der Waals surface area contributed by atoms with Crippen molar-refractivity contribution in [3.05, 3.63) is 28.8 Å². The molecule has 0 radical (unpaired) electrons. The molecule has 13 heavy (non-hydrogen) atoms. The van der Waals surface area contributed by atoms with Gasteiger partial charge in [-0.3, -0.25) is 4.79 Å². The second-order valence-corrected chi connectivity index (χ2v) is 2.93. The molecule has 0 fully saturated rings. The molecule has 1 aromatic rings. The Morgan fingerprint density at radius 2 is 2.15 bits per heavy atom. The normalized spacial score (nSPS) is 12.5. The van der Waals surface area contributed by atoms with Crippen molar-refractivity contribution in [2.45, 2.75) is 6.04 Å². The first kappa shape index (κ1) is 9.83. The number of hydrogen-bond acceptors (Lipinski definition) is 3. The van der Waals surface area contributed by atoms with Crippen LogP contribution in [0.5, 0.6) is 5.75 Å². The molecule has 0 unspecified atom stereocenters. The van der Waals surface area contributed by atoms with E-state index in [1.807, 2.05) is 0 Å². The molecule has 0 aliphatic carbocycles. The van der Waals surface area contributed by atoms with E-state index in [1.54, 1.807) is 0 Å². The van der Waals surface area contributed by atoms with Gasteiger partial charge in [-0.1, -0.05) is 17.7 Å². The van der Waals surface area contributed by atoms with Crippen LogP contribution in [0.15, 0.2) is 18.2 Å². The highest BCUT2D eigenvalue weighted by Gasteiger charge is 2.14. The zero-order valence-electron chi connectivity index (χ0n) is 6.57. The van der Waals surface area contributed by atoms with E-state index >= 15 is 0 Å². The molecule has 0 heterocycles. The van der Waals surface area contributed by atoms with Gasteiger partial charge in [0.25, 0.3) is 0 Å². The van der Waals surface area contributed by atoms with Crippen molar-refractivity contribution in [1.29, 1.82) is 0 Å². The molecule has 0 spiro atoms. The number of carbonyl (C=O) groups is 1. The number of carboxylic acid groups (broad SMARTS) is 1. The van der Waals surface area contributed by atoms with E-state index < -0.39 is 12.0 Å². The summed E-state index contributed by atoms with van der Waals surface area (Å²) in [5.41, 5.74) is 5.67. The molecule has 4 N–H and O–H groups in total. The van der Waals surface area contributed by atoms with Gasteiger partial charge in [0.1, 0.15) is 11.8 Å². The van der Waals surface area contributed by atoms with Crippen molar-refractivity contribution in [2.75, 3.05) is 0 Å². The summed E-state index contributed by atoms with van der Waals surface area (Å²) in [4.78, 5) is 10.5. The Balaban J connectivity index is 3.03. The van der Waals surface area contributed by atoms with Crippen LogP contribution in [0.3, 0.4) is 0 Å². The van der Waals surface area contributed by atoms with Gasteiger partial charge in [-0.05, 0) is 17.7 Å². The molecule has 0 saturated carbocycles. The van der Waals surface area contributed by atoms with Gasteiger partial charge < -0.3 is 15.9 Å². The Morgan fingerprint density at radius 1 is 1.54 bits per heavy atom. The lowest BCUT2D eigenvalue weighted by Crippen LogP contribution is -2.20. The van der Waals surface area contributed by atoms with Gasteiger partial charge in [-0.25, -0.2) is 0 Å². The molecule has 5 heteroatoms. The fourth-order valence-corrected chi connectivity index (χ4v) is 1.05. The van der Waals surface area contributed by atoms with Crippen LogP contribution in [-0.4, -0.2) is 16.2 Å². The smallest absolute Gasteiger partial charge is 0.325 e. The molecule has 0 aromatic heterocycles. The summed E-state index contributed by atoms with van der Waals surface area (Å²) in [7, 11) is 0. The number of aliphatic carboxylic acids is 1. The fourth-order valence-electron chi connectivity index (χ4n) is 0.859. The average Bonchev–Trinajstić information content (AvgIpc) is 2.08. The molecule has 4 nitrogen and oxygen atoms in total. The molecule has 1 aromatic carbocycles. The van der Waals surface area contributed by atoms with Crippen molar-refractivity contribution >= 4 is 17.6 Å². The number of aromatic hydroxyl groups is 1. The molecule has 1 atom stereocenters. The van der Waals surface area contributed by atoms with E-state index in [0.717, 1.165) is 0 Å². The fraction of sp³-hybridized carbons (Fsp3) is 0.125. The van der Waals surface area contributed by atoms with E-state index in [0.29, 0.717) is 5.56 Å². The van der Waals surface area contributed by atoms with E-state index in [9.17, 15) is 4.79 Å². The SMILES string of the molecule is N[C@H](C(=O)O)c1ccc(O)c(Cl)c1. The lowest BCUT2D eigenvalue weighted by Gasteiger charge is -2.07. The zero-order valence-corrected chi connectivity index (χ0v) is 7.32. The van der Waals surface area contributed by atoms with E-state index in [2.05, 4.69) is 0 Å².